The third kappa shape index (κ3) is 2.95. The Hall–Kier alpha value is -1.04. The van der Waals surface area contributed by atoms with Gasteiger partial charge in [-0.1, -0.05) is 15.9 Å². The highest BCUT2D eigenvalue weighted by Crippen LogP contribution is 2.19. The van der Waals surface area contributed by atoms with Crippen LogP contribution in [0.5, 0.6) is 0 Å². The number of hydrogen-bond acceptors (Lipinski definition) is 1. The number of anilines is 1. The van der Waals surface area contributed by atoms with Crippen molar-refractivity contribution in [2.24, 2.45) is 0 Å². The lowest BCUT2D eigenvalue weighted by Crippen LogP contribution is -2.21. The van der Waals surface area contributed by atoms with Gasteiger partial charge in [0.05, 0.1) is 10.5 Å². The van der Waals surface area contributed by atoms with Gasteiger partial charge in [-0.05, 0) is 6.92 Å². The van der Waals surface area contributed by atoms with Crippen molar-refractivity contribution in [1.82, 2.24) is 0 Å². The molecule has 1 N–H and O–H groups in total. The van der Waals surface area contributed by atoms with E-state index >= 15 is 0 Å². The smallest absolute Gasteiger partial charge is 0.237 e. The van der Waals surface area contributed by atoms with E-state index in [2.05, 4.69) is 21.2 Å². The molecule has 0 aliphatic carbocycles. The Labute approximate surface area is 92.6 Å². The Kier molecular flexibility index (Phi) is 3.73. The average Bonchev–Trinajstić information content (AvgIpc) is 2.13. The summed E-state index contributed by atoms with van der Waals surface area (Å²) in [6.45, 7) is 1.50. The van der Waals surface area contributed by atoms with Crippen LogP contribution in [0.15, 0.2) is 12.1 Å². The standard InChI is InChI=1S/C9H7BrF3NO/c1-4(10)9(15)14-7-3-5(11)2-6(12)8(7)13/h2-4H,1H3,(H,14,15). The summed E-state index contributed by atoms with van der Waals surface area (Å²) in [6.07, 6.45) is 0. The summed E-state index contributed by atoms with van der Waals surface area (Å²) >= 11 is 2.94. The normalized spacial score (nSPS) is 12.3. The van der Waals surface area contributed by atoms with Gasteiger partial charge >= 0.3 is 0 Å². The van der Waals surface area contributed by atoms with E-state index in [1.165, 1.54) is 6.92 Å². The van der Waals surface area contributed by atoms with Gasteiger partial charge in [0.15, 0.2) is 11.6 Å². The van der Waals surface area contributed by atoms with Crippen LogP contribution in [0.25, 0.3) is 0 Å². The molecule has 0 radical (unpaired) electrons. The maximum atomic E-state index is 13.0. The van der Waals surface area contributed by atoms with E-state index in [0.717, 1.165) is 0 Å². The van der Waals surface area contributed by atoms with Gasteiger partial charge in [0.2, 0.25) is 5.91 Å². The number of hydrogen-bond donors (Lipinski definition) is 1. The number of carbonyl (C=O) groups is 1. The molecule has 0 bridgehead atoms. The van der Waals surface area contributed by atoms with E-state index in [-0.39, 0.29) is 0 Å². The van der Waals surface area contributed by atoms with Gasteiger partial charge < -0.3 is 5.32 Å². The van der Waals surface area contributed by atoms with Crippen molar-refractivity contribution in [2.45, 2.75) is 11.8 Å². The van der Waals surface area contributed by atoms with Crippen LogP contribution >= 0.6 is 15.9 Å². The monoisotopic (exact) mass is 281 g/mol. The number of amides is 1. The zero-order valence-electron chi connectivity index (χ0n) is 7.65. The maximum absolute atomic E-state index is 13.0. The van der Waals surface area contributed by atoms with E-state index in [1.807, 2.05) is 0 Å². The molecule has 0 aliphatic rings. The third-order valence-electron chi connectivity index (χ3n) is 1.61. The van der Waals surface area contributed by atoms with Crippen LogP contribution in [0.2, 0.25) is 0 Å². The fourth-order valence-corrected chi connectivity index (χ4v) is 0.994. The van der Waals surface area contributed by atoms with Gasteiger partial charge in [0.1, 0.15) is 5.82 Å². The fourth-order valence-electron chi connectivity index (χ4n) is 0.879. The highest BCUT2D eigenvalue weighted by molar-refractivity contribution is 9.10. The minimum absolute atomic E-state index is 0.405. The summed E-state index contributed by atoms with van der Waals surface area (Å²) in [5.41, 5.74) is -0.510. The minimum Gasteiger partial charge on any atom is -0.322 e. The predicted octanol–water partition coefficient (Wildman–Crippen LogP) is 2.83. The Bertz CT molecular complexity index is 395. The first-order valence-corrected chi connectivity index (χ1v) is 4.93. The summed E-state index contributed by atoms with van der Waals surface area (Å²) in [7, 11) is 0. The molecule has 0 spiro atoms. The van der Waals surface area contributed by atoms with E-state index < -0.39 is 33.9 Å². The summed E-state index contributed by atoms with van der Waals surface area (Å²) in [6, 6.07) is 1.12. The van der Waals surface area contributed by atoms with Crippen LogP contribution < -0.4 is 5.32 Å². The minimum atomic E-state index is -1.34. The number of halogens is 4. The van der Waals surface area contributed by atoms with Gasteiger partial charge in [-0.25, -0.2) is 13.2 Å². The molecule has 6 heteroatoms. The third-order valence-corrected chi connectivity index (χ3v) is 2.03. The molecule has 1 rings (SSSR count). The van der Waals surface area contributed by atoms with Crippen LogP contribution in [-0.4, -0.2) is 10.7 Å². The van der Waals surface area contributed by atoms with E-state index in [9.17, 15) is 18.0 Å². The van der Waals surface area contributed by atoms with Crippen LogP contribution in [0, 0.1) is 17.5 Å². The Balaban J connectivity index is 2.99. The second-order valence-corrected chi connectivity index (χ2v) is 4.23. The number of benzene rings is 1. The van der Waals surface area contributed by atoms with Crippen LogP contribution in [0.3, 0.4) is 0 Å². The van der Waals surface area contributed by atoms with E-state index in [1.54, 1.807) is 0 Å². The van der Waals surface area contributed by atoms with Crippen molar-refractivity contribution in [3.63, 3.8) is 0 Å². The van der Waals surface area contributed by atoms with Crippen molar-refractivity contribution >= 4 is 27.5 Å². The van der Waals surface area contributed by atoms with Crippen molar-refractivity contribution in [1.29, 1.82) is 0 Å². The second kappa shape index (κ2) is 4.65. The molecule has 1 unspecified atom stereocenters. The lowest BCUT2D eigenvalue weighted by molar-refractivity contribution is -0.115. The summed E-state index contributed by atoms with van der Waals surface area (Å²) in [5.74, 6) is -4.16. The molecule has 0 aliphatic heterocycles. The lowest BCUT2D eigenvalue weighted by Gasteiger charge is -2.08. The van der Waals surface area contributed by atoms with Gasteiger partial charge in [0.25, 0.3) is 0 Å². The topological polar surface area (TPSA) is 29.1 Å². The van der Waals surface area contributed by atoms with Crippen LogP contribution in [0.1, 0.15) is 6.92 Å². The van der Waals surface area contributed by atoms with Crippen molar-refractivity contribution in [3.05, 3.63) is 29.6 Å². The molecule has 82 valence electrons. The molecule has 0 fully saturated rings. The molecular formula is C9H7BrF3NO. The molecule has 0 saturated carbocycles. The highest BCUT2D eigenvalue weighted by Gasteiger charge is 2.15. The highest BCUT2D eigenvalue weighted by atomic mass is 79.9. The van der Waals surface area contributed by atoms with Gasteiger partial charge in [0, 0.05) is 12.1 Å². The first-order valence-electron chi connectivity index (χ1n) is 4.01. The molecule has 15 heavy (non-hydrogen) atoms. The predicted molar refractivity (Wildman–Crippen MR) is 53.3 cm³/mol. The number of nitrogens with one attached hydrogen (secondary N) is 1. The van der Waals surface area contributed by atoms with E-state index in [0.29, 0.717) is 12.1 Å². The zero-order chi connectivity index (χ0) is 11.6. The second-order valence-electron chi connectivity index (χ2n) is 2.85. The van der Waals surface area contributed by atoms with Crippen molar-refractivity contribution in [2.75, 3.05) is 5.32 Å². The Morgan fingerprint density at radius 2 is 2.00 bits per heavy atom. The molecule has 0 heterocycles. The molecule has 2 nitrogen and oxygen atoms in total. The zero-order valence-corrected chi connectivity index (χ0v) is 9.24. The first kappa shape index (κ1) is 12.0. The van der Waals surface area contributed by atoms with Gasteiger partial charge in [-0.15, -0.1) is 0 Å². The Morgan fingerprint density at radius 3 is 2.53 bits per heavy atom. The van der Waals surface area contributed by atoms with E-state index in [4.69, 9.17) is 0 Å². The summed E-state index contributed by atoms with van der Waals surface area (Å²) in [5, 5.41) is 2.05. The Morgan fingerprint density at radius 1 is 1.40 bits per heavy atom. The number of alkyl halides is 1. The summed E-state index contributed by atoms with van der Waals surface area (Å²) in [4.78, 5) is 10.5. The molecule has 1 atom stereocenters. The number of rotatable bonds is 2. The quantitative estimate of drug-likeness (QED) is 0.656. The summed E-state index contributed by atoms with van der Waals surface area (Å²) < 4.78 is 38.4. The molecular weight excluding hydrogens is 275 g/mol. The van der Waals surface area contributed by atoms with Crippen LogP contribution in [-0.2, 0) is 4.79 Å². The SMILES string of the molecule is CC(Br)C(=O)Nc1cc(F)cc(F)c1F. The molecule has 0 saturated heterocycles. The molecule has 1 aromatic rings. The van der Waals surface area contributed by atoms with Crippen molar-refractivity contribution < 1.29 is 18.0 Å². The largest absolute Gasteiger partial charge is 0.322 e. The maximum Gasteiger partial charge on any atom is 0.237 e. The molecule has 0 aromatic heterocycles. The van der Waals surface area contributed by atoms with Gasteiger partial charge in [-0.3, -0.25) is 4.79 Å². The van der Waals surface area contributed by atoms with Gasteiger partial charge in [-0.2, -0.15) is 0 Å². The fraction of sp³-hybridized carbons (Fsp3) is 0.222. The average molecular weight is 282 g/mol. The number of carbonyl (C=O) groups excluding carboxylic acids is 1. The molecule has 1 aromatic carbocycles. The molecule has 1 amide bonds. The lowest BCUT2D eigenvalue weighted by atomic mass is 10.2. The van der Waals surface area contributed by atoms with Crippen LogP contribution in [0.4, 0.5) is 18.9 Å². The van der Waals surface area contributed by atoms with Crippen molar-refractivity contribution in [3.8, 4) is 0 Å². The first-order chi connectivity index (χ1) is 6.91.